The van der Waals surface area contributed by atoms with Crippen LogP contribution in [0.3, 0.4) is 0 Å². The number of hydrogen-bond acceptors (Lipinski definition) is 3. The Morgan fingerprint density at radius 3 is 3.00 bits per heavy atom. The molecular formula is C12H24N2O2. The summed E-state index contributed by atoms with van der Waals surface area (Å²) < 4.78 is 5.29. The molecule has 0 aliphatic carbocycles. The van der Waals surface area contributed by atoms with E-state index in [-0.39, 0.29) is 5.91 Å². The Hall–Kier alpha value is -0.610. The third kappa shape index (κ3) is 5.47. The normalized spacial score (nSPS) is 25.4. The van der Waals surface area contributed by atoms with E-state index in [1.165, 1.54) is 0 Å². The van der Waals surface area contributed by atoms with Gasteiger partial charge >= 0.3 is 0 Å². The van der Waals surface area contributed by atoms with Crippen LogP contribution in [0.25, 0.3) is 0 Å². The van der Waals surface area contributed by atoms with Gasteiger partial charge in [0.25, 0.3) is 0 Å². The van der Waals surface area contributed by atoms with Crippen LogP contribution < -0.4 is 10.6 Å². The van der Waals surface area contributed by atoms with Crippen LogP contribution in [0.1, 0.15) is 39.5 Å². The highest BCUT2D eigenvalue weighted by molar-refractivity contribution is 5.76. The van der Waals surface area contributed by atoms with Gasteiger partial charge in [0.05, 0.1) is 6.61 Å². The van der Waals surface area contributed by atoms with Crippen molar-refractivity contribution in [2.24, 2.45) is 0 Å². The van der Waals surface area contributed by atoms with Crippen molar-refractivity contribution in [2.75, 3.05) is 19.8 Å². The smallest absolute Gasteiger partial charge is 0.222 e. The summed E-state index contributed by atoms with van der Waals surface area (Å²) in [7, 11) is 0. The number of piperidine rings is 1. The number of rotatable bonds is 6. The van der Waals surface area contributed by atoms with Crippen LogP contribution >= 0.6 is 0 Å². The van der Waals surface area contributed by atoms with Crippen molar-refractivity contribution < 1.29 is 9.53 Å². The van der Waals surface area contributed by atoms with Crippen LogP contribution in [-0.4, -0.2) is 37.7 Å². The van der Waals surface area contributed by atoms with Gasteiger partial charge < -0.3 is 15.4 Å². The second kappa shape index (κ2) is 7.63. The van der Waals surface area contributed by atoms with E-state index in [4.69, 9.17) is 4.74 Å². The summed E-state index contributed by atoms with van der Waals surface area (Å²) in [5.41, 5.74) is 0. The van der Waals surface area contributed by atoms with E-state index in [2.05, 4.69) is 24.5 Å². The van der Waals surface area contributed by atoms with E-state index in [9.17, 15) is 4.79 Å². The van der Waals surface area contributed by atoms with Gasteiger partial charge in [-0.15, -0.1) is 0 Å². The second-order valence-electron chi connectivity index (χ2n) is 4.51. The molecule has 2 atom stereocenters. The van der Waals surface area contributed by atoms with Gasteiger partial charge in [-0.25, -0.2) is 0 Å². The predicted octanol–water partition coefficient (Wildman–Crippen LogP) is 1.06. The third-order valence-corrected chi connectivity index (χ3v) is 2.81. The molecule has 1 fully saturated rings. The zero-order valence-electron chi connectivity index (χ0n) is 10.4. The van der Waals surface area contributed by atoms with E-state index in [1.54, 1.807) is 0 Å². The molecule has 1 rings (SSSR count). The van der Waals surface area contributed by atoms with Gasteiger partial charge in [-0.1, -0.05) is 6.92 Å². The van der Waals surface area contributed by atoms with Gasteiger partial charge in [0.2, 0.25) is 5.91 Å². The van der Waals surface area contributed by atoms with Crippen LogP contribution in [0, 0.1) is 0 Å². The molecule has 1 aliphatic rings. The molecule has 1 amide bonds. The Kier molecular flexibility index (Phi) is 6.42. The minimum Gasteiger partial charge on any atom is -0.381 e. The van der Waals surface area contributed by atoms with Gasteiger partial charge in [-0.3, -0.25) is 4.79 Å². The van der Waals surface area contributed by atoms with Crippen molar-refractivity contribution in [3.05, 3.63) is 0 Å². The third-order valence-electron chi connectivity index (χ3n) is 2.81. The van der Waals surface area contributed by atoms with Gasteiger partial charge in [0.1, 0.15) is 0 Å². The molecule has 1 heterocycles. The quantitative estimate of drug-likeness (QED) is 0.668. The van der Waals surface area contributed by atoms with Crippen molar-refractivity contribution in [2.45, 2.75) is 51.6 Å². The molecule has 4 heteroatoms. The molecule has 4 nitrogen and oxygen atoms in total. The number of carbonyl (C=O) groups excluding carboxylic acids is 1. The Morgan fingerprint density at radius 2 is 2.31 bits per heavy atom. The van der Waals surface area contributed by atoms with E-state index in [0.29, 0.717) is 25.1 Å². The van der Waals surface area contributed by atoms with Crippen LogP contribution in [0.5, 0.6) is 0 Å². The summed E-state index contributed by atoms with van der Waals surface area (Å²) in [5, 5.41) is 6.44. The maximum atomic E-state index is 11.6. The number of amides is 1. The molecule has 0 bridgehead atoms. The average molecular weight is 228 g/mol. The zero-order chi connectivity index (χ0) is 11.8. The Morgan fingerprint density at radius 1 is 1.50 bits per heavy atom. The Labute approximate surface area is 98.1 Å². The first kappa shape index (κ1) is 13.5. The average Bonchev–Trinajstić information content (AvgIpc) is 2.24. The lowest BCUT2D eigenvalue weighted by Gasteiger charge is -2.28. The highest BCUT2D eigenvalue weighted by atomic mass is 16.5. The number of carbonyl (C=O) groups is 1. The monoisotopic (exact) mass is 228 g/mol. The van der Waals surface area contributed by atoms with Crippen LogP contribution in [0.2, 0.25) is 0 Å². The van der Waals surface area contributed by atoms with E-state index in [0.717, 1.165) is 32.4 Å². The Bertz CT molecular complexity index is 209. The molecule has 2 N–H and O–H groups in total. The van der Waals surface area contributed by atoms with Crippen molar-refractivity contribution in [1.82, 2.24) is 10.6 Å². The van der Waals surface area contributed by atoms with E-state index in [1.807, 2.05) is 0 Å². The fourth-order valence-corrected chi connectivity index (χ4v) is 1.97. The summed E-state index contributed by atoms with van der Waals surface area (Å²) in [6.07, 6.45) is 3.55. The zero-order valence-corrected chi connectivity index (χ0v) is 10.4. The van der Waals surface area contributed by atoms with Crippen LogP contribution in [-0.2, 0) is 9.53 Å². The molecule has 0 radical (unpaired) electrons. The van der Waals surface area contributed by atoms with Crippen molar-refractivity contribution in [3.63, 3.8) is 0 Å². The molecule has 0 saturated carbocycles. The minimum absolute atomic E-state index is 0.121. The first-order valence-corrected chi connectivity index (χ1v) is 6.33. The minimum atomic E-state index is 0.121. The molecule has 1 aliphatic heterocycles. The van der Waals surface area contributed by atoms with Crippen LogP contribution in [0.15, 0.2) is 0 Å². The molecule has 94 valence electrons. The largest absolute Gasteiger partial charge is 0.381 e. The van der Waals surface area contributed by atoms with Gasteiger partial charge in [-0.05, 0) is 32.7 Å². The fourth-order valence-electron chi connectivity index (χ4n) is 1.97. The van der Waals surface area contributed by atoms with Gasteiger partial charge in [0.15, 0.2) is 0 Å². The van der Waals surface area contributed by atoms with Crippen molar-refractivity contribution in [3.8, 4) is 0 Å². The highest BCUT2D eigenvalue weighted by Crippen LogP contribution is 2.08. The predicted molar refractivity (Wildman–Crippen MR) is 64.4 cm³/mol. The number of hydrogen-bond donors (Lipinski definition) is 2. The molecule has 1 saturated heterocycles. The standard InChI is InChI=1S/C12H24N2O2/c1-3-7-16-8-5-12(15)14-11-4-6-13-10(2)9-11/h10-11,13H,3-9H2,1-2H3,(H,14,15). The lowest BCUT2D eigenvalue weighted by Crippen LogP contribution is -2.46. The highest BCUT2D eigenvalue weighted by Gasteiger charge is 2.19. The van der Waals surface area contributed by atoms with Crippen molar-refractivity contribution >= 4 is 5.91 Å². The molecule has 2 unspecified atom stereocenters. The molecular weight excluding hydrogens is 204 g/mol. The summed E-state index contributed by atoms with van der Waals surface area (Å²) in [6, 6.07) is 0.852. The summed E-state index contributed by atoms with van der Waals surface area (Å²) in [6.45, 7) is 6.51. The number of nitrogens with one attached hydrogen (secondary N) is 2. The Balaban J connectivity index is 2.08. The SMILES string of the molecule is CCCOCCC(=O)NC1CCNC(C)C1. The lowest BCUT2D eigenvalue weighted by atomic mass is 10.0. The number of ether oxygens (including phenoxy) is 1. The van der Waals surface area contributed by atoms with Crippen LogP contribution in [0.4, 0.5) is 0 Å². The first-order valence-electron chi connectivity index (χ1n) is 6.33. The van der Waals surface area contributed by atoms with Gasteiger partial charge in [0, 0.05) is 25.1 Å². The van der Waals surface area contributed by atoms with E-state index >= 15 is 0 Å². The fraction of sp³-hybridized carbons (Fsp3) is 0.917. The summed E-state index contributed by atoms with van der Waals surface area (Å²) in [4.78, 5) is 11.6. The maximum Gasteiger partial charge on any atom is 0.222 e. The molecule has 0 spiro atoms. The first-order chi connectivity index (χ1) is 7.72. The van der Waals surface area contributed by atoms with Crippen molar-refractivity contribution in [1.29, 1.82) is 0 Å². The molecule has 16 heavy (non-hydrogen) atoms. The molecule has 0 aromatic rings. The summed E-state index contributed by atoms with van der Waals surface area (Å²) >= 11 is 0. The maximum absolute atomic E-state index is 11.6. The lowest BCUT2D eigenvalue weighted by molar-refractivity contribution is -0.123. The molecule has 0 aromatic carbocycles. The summed E-state index contributed by atoms with van der Waals surface area (Å²) in [5.74, 6) is 0.121. The topological polar surface area (TPSA) is 50.4 Å². The molecule has 0 aromatic heterocycles. The second-order valence-corrected chi connectivity index (χ2v) is 4.51. The van der Waals surface area contributed by atoms with Gasteiger partial charge in [-0.2, -0.15) is 0 Å². The van der Waals surface area contributed by atoms with E-state index < -0.39 is 0 Å².